The monoisotopic (exact) mass is 218 g/mol. The molecule has 15 heavy (non-hydrogen) atoms. The minimum atomic E-state index is -2.71. The third kappa shape index (κ3) is 3.27. The number of carbonyl (C=O) groups is 1. The fourth-order valence-corrected chi connectivity index (χ4v) is 1.25. The largest absolute Gasteiger partial charge is 0.481 e. The molecule has 5 heteroatoms. The second-order valence-electron chi connectivity index (χ2n) is 3.04. The van der Waals surface area contributed by atoms with E-state index in [1.165, 1.54) is 0 Å². The highest BCUT2D eigenvalue weighted by atomic mass is 19.3. The van der Waals surface area contributed by atoms with E-state index in [9.17, 15) is 18.0 Å². The fourth-order valence-electron chi connectivity index (χ4n) is 1.25. The Bertz CT molecular complexity index is 364. The van der Waals surface area contributed by atoms with Crippen LogP contribution < -0.4 is 0 Å². The molecule has 1 N–H and O–H groups in total. The molecule has 0 aliphatic heterocycles. The summed E-state index contributed by atoms with van der Waals surface area (Å²) < 4.78 is 37.6. The Balaban J connectivity index is 2.91. The lowest BCUT2D eigenvalue weighted by molar-refractivity contribution is -0.136. The SMILES string of the molecule is O=C(O)CCc1cc(F)ccc1C(F)F. The number of halogens is 3. The molecule has 0 aliphatic carbocycles. The molecule has 0 fully saturated rings. The van der Waals surface area contributed by atoms with Crippen LogP contribution in [0.2, 0.25) is 0 Å². The van der Waals surface area contributed by atoms with Gasteiger partial charge in [0, 0.05) is 12.0 Å². The normalized spacial score (nSPS) is 10.7. The van der Waals surface area contributed by atoms with Gasteiger partial charge in [0.15, 0.2) is 0 Å². The molecule has 0 bridgehead atoms. The first kappa shape index (κ1) is 11.6. The Kier molecular flexibility index (Phi) is 3.71. The summed E-state index contributed by atoms with van der Waals surface area (Å²) in [6.07, 6.45) is -3.09. The van der Waals surface area contributed by atoms with E-state index in [1.807, 2.05) is 0 Å². The van der Waals surface area contributed by atoms with Gasteiger partial charge in [-0.25, -0.2) is 13.2 Å². The van der Waals surface area contributed by atoms with Crippen molar-refractivity contribution >= 4 is 5.97 Å². The van der Waals surface area contributed by atoms with Crippen LogP contribution in [0.4, 0.5) is 13.2 Å². The molecule has 1 aromatic rings. The van der Waals surface area contributed by atoms with Gasteiger partial charge in [0.25, 0.3) is 6.43 Å². The predicted octanol–water partition coefficient (Wildman–Crippen LogP) is 2.78. The Morgan fingerprint density at radius 2 is 2.07 bits per heavy atom. The summed E-state index contributed by atoms with van der Waals surface area (Å²) in [5.74, 6) is -1.74. The van der Waals surface area contributed by atoms with E-state index in [4.69, 9.17) is 5.11 Å². The van der Waals surface area contributed by atoms with E-state index >= 15 is 0 Å². The number of carboxylic acid groups (broad SMARTS) is 1. The third-order valence-electron chi connectivity index (χ3n) is 1.95. The van der Waals surface area contributed by atoms with Gasteiger partial charge < -0.3 is 5.11 Å². The molecule has 0 radical (unpaired) electrons. The smallest absolute Gasteiger partial charge is 0.303 e. The average Bonchev–Trinajstić information content (AvgIpc) is 2.14. The first-order valence-electron chi connectivity index (χ1n) is 4.29. The van der Waals surface area contributed by atoms with Gasteiger partial charge in [0.05, 0.1) is 0 Å². The number of aryl methyl sites for hydroxylation is 1. The molecule has 0 atom stereocenters. The topological polar surface area (TPSA) is 37.3 Å². The van der Waals surface area contributed by atoms with E-state index in [0.29, 0.717) is 0 Å². The molecule has 0 unspecified atom stereocenters. The molecule has 0 saturated carbocycles. The molecule has 1 rings (SSSR count). The van der Waals surface area contributed by atoms with Crippen LogP contribution >= 0.6 is 0 Å². The van der Waals surface area contributed by atoms with Crippen LogP contribution in [0.25, 0.3) is 0 Å². The molecule has 0 aromatic heterocycles. The highest BCUT2D eigenvalue weighted by Gasteiger charge is 2.14. The van der Waals surface area contributed by atoms with E-state index in [2.05, 4.69) is 0 Å². The van der Waals surface area contributed by atoms with Crippen LogP contribution in [0, 0.1) is 5.82 Å². The number of benzene rings is 1. The Morgan fingerprint density at radius 1 is 1.40 bits per heavy atom. The average molecular weight is 218 g/mol. The van der Waals surface area contributed by atoms with Gasteiger partial charge in [-0.15, -0.1) is 0 Å². The summed E-state index contributed by atoms with van der Waals surface area (Å²) in [6.45, 7) is 0. The standard InChI is InChI=1S/C10H9F3O2/c11-7-2-3-8(10(12)13)6(5-7)1-4-9(14)15/h2-3,5,10H,1,4H2,(H,14,15). The minimum Gasteiger partial charge on any atom is -0.481 e. The van der Waals surface area contributed by atoms with Gasteiger partial charge in [0.2, 0.25) is 0 Å². The van der Waals surface area contributed by atoms with Gasteiger partial charge in [-0.1, -0.05) is 6.07 Å². The number of aliphatic carboxylic acids is 1. The first-order chi connectivity index (χ1) is 7.00. The Morgan fingerprint density at radius 3 is 2.60 bits per heavy atom. The van der Waals surface area contributed by atoms with Crippen LogP contribution in [0.1, 0.15) is 24.0 Å². The molecule has 0 heterocycles. The quantitative estimate of drug-likeness (QED) is 0.843. The van der Waals surface area contributed by atoms with Crippen LogP contribution in [0.5, 0.6) is 0 Å². The number of carboxylic acids is 1. The zero-order chi connectivity index (χ0) is 11.4. The molecule has 82 valence electrons. The predicted molar refractivity (Wildman–Crippen MR) is 47.3 cm³/mol. The van der Waals surface area contributed by atoms with Gasteiger partial charge in [-0.05, 0) is 24.1 Å². The molecule has 0 spiro atoms. The van der Waals surface area contributed by atoms with Crippen molar-refractivity contribution in [3.63, 3.8) is 0 Å². The van der Waals surface area contributed by atoms with E-state index in [1.54, 1.807) is 0 Å². The molecular weight excluding hydrogens is 209 g/mol. The maximum atomic E-state index is 12.7. The fraction of sp³-hybridized carbons (Fsp3) is 0.300. The molecule has 0 amide bonds. The van der Waals surface area contributed by atoms with Gasteiger partial charge in [0.1, 0.15) is 5.82 Å². The van der Waals surface area contributed by atoms with Crippen molar-refractivity contribution in [3.05, 3.63) is 35.1 Å². The lowest BCUT2D eigenvalue weighted by Crippen LogP contribution is -2.01. The maximum absolute atomic E-state index is 12.7. The Labute approximate surface area is 84.3 Å². The lowest BCUT2D eigenvalue weighted by atomic mass is 10.0. The van der Waals surface area contributed by atoms with Crippen molar-refractivity contribution in [2.45, 2.75) is 19.3 Å². The van der Waals surface area contributed by atoms with Crippen molar-refractivity contribution in [1.29, 1.82) is 0 Å². The van der Waals surface area contributed by atoms with Crippen molar-refractivity contribution in [3.8, 4) is 0 Å². The molecule has 2 nitrogen and oxygen atoms in total. The van der Waals surface area contributed by atoms with Crippen molar-refractivity contribution in [2.75, 3.05) is 0 Å². The summed E-state index contributed by atoms with van der Waals surface area (Å²) in [6, 6.07) is 2.87. The van der Waals surface area contributed by atoms with Crippen LogP contribution in [-0.2, 0) is 11.2 Å². The van der Waals surface area contributed by atoms with Crippen molar-refractivity contribution in [2.24, 2.45) is 0 Å². The molecule has 0 aliphatic rings. The maximum Gasteiger partial charge on any atom is 0.303 e. The number of hydrogen-bond donors (Lipinski definition) is 1. The van der Waals surface area contributed by atoms with Gasteiger partial charge in [-0.3, -0.25) is 4.79 Å². The number of alkyl halides is 2. The van der Waals surface area contributed by atoms with Crippen LogP contribution in [-0.4, -0.2) is 11.1 Å². The second kappa shape index (κ2) is 4.82. The zero-order valence-electron chi connectivity index (χ0n) is 7.71. The molecule has 1 aromatic carbocycles. The lowest BCUT2D eigenvalue weighted by Gasteiger charge is -2.07. The zero-order valence-corrected chi connectivity index (χ0v) is 7.71. The second-order valence-corrected chi connectivity index (χ2v) is 3.04. The summed E-state index contributed by atoms with van der Waals surface area (Å²) in [4.78, 5) is 10.3. The molecule has 0 saturated heterocycles. The van der Waals surface area contributed by atoms with Crippen LogP contribution in [0.15, 0.2) is 18.2 Å². The highest BCUT2D eigenvalue weighted by Crippen LogP contribution is 2.24. The minimum absolute atomic E-state index is 0.0485. The van der Waals surface area contributed by atoms with Crippen LogP contribution in [0.3, 0.4) is 0 Å². The number of rotatable bonds is 4. The van der Waals surface area contributed by atoms with Crippen molar-refractivity contribution < 1.29 is 23.1 Å². The van der Waals surface area contributed by atoms with Crippen molar-refractivity contribution in [1.82, 2.24) is 0 Å². The van der Waals surface area contributed by atoms with E-state index < -0.39 is 18.2 Å². The summed E-state index contributed by atoms with van der Waals surface area (Å²) in [7, 11) is 0. The molecular formula is C10H9F3O2. The summed E-state index contributed by atoms with van der Waals surface area (Å²) in [5.41, 5.74) is -0.259. The van der Waals surface area contributed by atoms with Gasteiger partial charge >= 0.3 is 5.97 Å². The highest BCUT2D eigenvalue weighted by molar-refractivity contribution is 5.67. The summed E-state index contributed by atoms with van der Waals surface area (Å²) >= 11 is 0. The van der Waals surface area contributed by atoms with E-state index in [0.717, 1.165) is 18.2 Å². The number of hydrogen-bond acceptors (Lipinski definition) is 1. The van der Waals surface area contributed by atoms with Gasteiger partial charge in [-0.2, -0.15) is 0 Å². The third-order valence-corrected chi connectivity index (χ3v) is 1.95. The Hall–Kier alpha value is -1.52. The van der Waals surface area contributed by atoms with E-state index in [-0.39, 0.29) is 24.0 Å². The first-order valence-corrected chi connectivity index (χ1v) is 4.29. The summed E-state index contributed by atoms with van der Waals surface area (Å²) in [5, 5.41) is 8.39.